The monoisotopic (exact) mass is 191 g/mol. The molecule has 1 aliphatic heterocycles. The van der Waals surface area contributed by atoms with Crippen molar-refractivity contribution < 1.29 is 0 Å². The van der Waals surface area contributed by atoms with Crippen molar-refractivity contribution in [3.63, 3.8) is 0 Å². The van der Waals surface area contributed by atoms with Gasteiger partial charge in [-0.05, 0) is 31.9 Å². The van der Waals surface area contributed by atoms with E-state index in [9.17, 15) is 0 Å². The van der Waals surface area contributed by atoms with Gasteiger partial charge in [0.25, 0.3) is 0 Å². The molecule has 2 rings (SSSR count). The molecular formula is C13H21N. The Bertz CT molecular complexity index is 243. The molecule has 1 aromatic rings. The predicted molar refractivity (Wildman–Crippen MR) is 63.8 cm³/mol. The Kier molecular flexibility index (Phi) is 4.51. The maximum absolute atomic E-state index is 2.49. The Morgan fingerprint density at radius 2 is 1.79 bits per heavy atom. The Morgan fingerprint density at radius 3 is 2.29 bits per heavy atom. The first-order chi connectivity index (χ1) is 6.88. The van der Waals surface area contributed by atoms with E-state index >= 15 is 0 Å². The quantitative estimate of drug-likeness (QED) is 0.654. The van der Waals surface area contributed by atoms with Crippen molar-refractivity contribution in [1.29, 1.82) is 0 Å². The molecule has 0 aliphatic carbocycles. The maximum atomic E-state index is 2.49. The molecule has 0 amide bonds. The first-order valence-corrected chi connectivity index (χ1v) is 5.69. The van der Waals surface area contributed by atoms with Crippen molar-refractivity contribution >= 4 is 5.69 Å². The van der Waals surface area contributed by atoms with Crippen molar-refractivity contribution in [3.8, 4) is 0 Å². The van der Waals surface area contributed by atoms with Gasteiger partial charge in [-0.25, -0.2) is 0 Å². The second-order valence-corrected chi connectivity index (χ2v) is 3.52. The van der Waals surface area contributed by atoms with E-state index < -0.39 is 0 Å². The van der Waals surface area contributed by atoms with Crippen LogP contribution in [0, 0.1) is 0 Å². The van der Waals surface area contributed by atoms with Crippen molar-refractivity contribution in [2.24, 2.45) is 0 Å². The smallest absolute Gasteiger partial charge is 0.0368 e. The molecule has 0 spiro atoms. The summed E-state index contributed by atoms with van der Waals surface area (Å²) in [6.45, 7) is 7.53. The molecule has 1 nitrogen and oxygen atoms in total. The van der Waals surface area contributed by atoms with Crippen LogP contribution in [-0.4, -0.2) is 12.6 Å². The van der Waals surface area contributed by atoms with E-state index in [0.717, 1.165) is 6.04 Å². The summed E-state index contributed by atoms with van der Waals surface area (Å²) >= 11 is 0. The summed E-state index contributed by atoms with van der Waals surface area (Å²) in [5, 5.41) is 0. The molecule has 14 heavy (non-hydrogen) atoms. The van der Waals surface area contributed by atoms with Gasteiger partial charge in [-0.1, -0.05) is 32.0 Å². The molecule has 1 aliphatic rings. The molecule has 0 N–H and O–H groups in total. The van der Waals surface area contributed by atoms with Crippen LogP contribution in [0.25, 0.3) is 0 Å². The lowest BCUT2D eigenvalue weighted by molar-refractivity contribution is 0.735. The van der Waals surface area contributed by atoms with E-state index in [0.29, 0.717) is 0 Å². The molecule has 78 valence electrons. The summed E-state index contributed by atoms with van der Waals surface area (Å²) < 4.78 is 0. The van der Waals surface area contributed by atoms with Crippen LogP contribution in [0.4, 0.5) is 5.69 Å². The van der Waals surface area contributed by atoms with Crippen LogP contribution in [0.2, 0.25) is 0 Å². The maximum Gasteiger partial charge on any atom is 0.0368 e. The molecular weight excluding hydrogens is 170 g/mol. The van der Waals surface area contributed by atoms with E-state index in [4.69, 9.17) is 0 Å². The summed E-state index contributed by atoms with van der Waals surface area (Å²) in [4.78, 5) is 2.49. The molecule has 0 radical (unpaired) electrons. The van der Waals surface area contributed by atoms with Crippen LogP contribution < -0.4 is 4.90 Å². The van der Waals surface area contributed by atoms with Crippen LogP contribution in [-0.2, 0) is 0 Å². The molecule has 0 bridgehead atoms. The number of anilines is 1. The summed E-state index contributed by atoms with van der Waals surface area (Å²) in [6.07, 6.45) is 2.69. The minimum absolute atomic E-state index is 0.729. The van der Waals surface area contributed by atoms with Gasteiger partial charge in [0.05, 0.1) is 0 Å². The first kappa shape index (κ1) is 11.1. The van der Waals surface area contributed by atoms with E-state index in [1.807, 2.05) is 13.8 Å². The van der Waals surface area contributed by atoms with Crippen LogP contribution in [0.15, 0.2) is 30.3 Å². The van der Waals surface area contributed by atoms with Crippen LogP contribution >= 0.6 is 0 Å². The van der Waals surface area contributed by atoms with Crippen molar-refractivity contribution in [1.82, 2.24) is 0 Å². The van der Waals surface area contributed by atoms with Crippen LogP contribution in [0.1, 0.15) is 33.6 Å². The first-order valence-electron chi connectivity index (χ1n) is 5.69. The van der Waals surface area contributed by atoms with Crippen molar-refractivity contribution in [2.75, 3.05) is 11.4 Å². The number of nitrogens with zero attached hydrogens (tertiary/aromatic N) is 1. The zero-order valence-electron chi connectivity index (χ0n) is 9.53. The van der Waals surface area contributed by atoms with Gasteiger partial charge in [0.15, 0.2) is 0 Å². The normalized spacial score (nSPS) is 20.2. The highest BCUT2D eigenvalue weighted by Crippen LogP contribution is 2.24. The number of para-hydroxylation sites is 1. The number of rotatable bonds is 1. The minimum atomic E-state index is 0.729. The van der Waals surface area contributed by atoms with Crippen molar-refractivity contribution in [3.05, 3.63) is 30.3 Å². The highest BCUT2D eigenvalue weighted by Gasteiger charge is 2.19. The number of hydrogen-bond acceptors (Lipinski definition) is 1. The van der Waals surface area contributed by atoms with Crippen LogP contribution in [0.3, 0.4) is 0 Å². The van der Waals surface area contributed by atoms with Gasteiger partial charge in [-0.3, -0.25) is 0 Å². The van der Waals surface area contributed by atoms with Gasteiger partial charge in [0.1, 0.15) is 0 Å². The largest absolute Gasteiger partial charge is 0.369 e. The fourth-order valence-corrected chi connectivity index (χ4v) is 1.94. The SMILES string of the molecule is CC.CC1CCCN1c1ccccc1. The third-order valence-corrected chi connectivity index (χ3v) is 2.64. The Morgan fingerprint density at radius 1 is 1.14 bits per heavy atom. The van der Waals surface area contributed by atoms with Gasteiger partial charge < -0.3 is 4.90 Å². The lowest BCUT2D eigenvalue weighted by Crippen LogP contribution is -2.25. The molecule has 0 saturated carbocycles. The zero-order valence-corrected chi connectivity index (χ0v) is 9.53. The molecule has 1 heterocycles. The average molecular weight is 191 g/mol. The number of hydrogen-bond donors (Lipinski definition) is 0. The van der Waals surface area contributed by atoms with E-state index in [1.54, 1.807) is 0 Å². The topological polar surface area (TPSA) is 3.24 Å². The van der Waals surface area contributed by atoms with Gasteiger partial charge in [-0.2, -0.15) is 0 Å². The van der Waals surface area contributed by atoms with Gasteiger partial charge in [0, 0.05) is 18.3 Å². The third kappa shape index (κ3) is 2.50. The van der Waals surface area contributed by atoms with Gasteiger partial charge in [0.2, 0.25) is 0 Å². The Balaban J connectivity index is 0.000000461. The van der Waals surface area contributed by atoms with E-state index in [2.05, 4.69) is 42.2 Å². The molecule has 0 aromatic heterocycles. The predicted octanol–water partition coefficient (Wildman–Crippen LogP) is 3.70. The van der Waals surface area contributed by atoms with E-state index in [1.165, 1.54) is 25.1 Å². The number of benzene rings is 1. The average Bonchev–Trinajstić information content (AvgIpc) is 2.69. The molecule has 1 aromatic carbocycles. The van der Waals surface area contributed by atoms with Crippen LogP contribution in [0.5, 0.6) is 0 Å². The Labute approximate surface area is 87.7 Å². The lowest BCUT2D eigenvalue weighted by atomic mass is 10.2. The zero-order chi connectivity index (χ0) is 10.4. The lowest BCUT2D eigenvalue weighted by Gasteiger charge is -2.23. The van der Waals surface area contributed by atoms with Gasteiger partial charge >= 0.3 is 0 Å². The third-order valence-electron chi connectivity index (χ3n) is 2.64. The van der Waals surface area contributed by atoms with Gasteiger partial charge in [-0.15, -0.1) is 0 Å². The summed E-state index contributed by atoms with van der Waals surface area (Å²) in [7, 11) is 0. The molecule has 1 saturated heterocycles. The molecule has 1 fully saturated rings. The molecule has 1 atom stereocenters. The second kappa shape index (κ2) is 5.69. The van der Waals surface area contributed by atoms with E-state index in [-0.39, 0.29) is 0 Å². The second-order valence-electron chi connectivity index (χ2n) is 3.52. The molecule has 1 heteroatoms. The Hall–Kier alpha value is -0.980. The summed E-state index contributed by atoms with van der Waals surface area (Å²) in [5.41, 5.74) is 1.38. The molecule has 1 unspecified atom stereocenters. The standard InChI is InChI=1S/C11H15N.C2H6/c1-10-6-5-9-12(10)11-7-3-2-4-8-11;1-2/h2-4,7-8,10H,5-6,9H2,1H3;1-2H3. The fraction of sp³-hybridized carbons (Fsp3) is 0.538. The van der Waals surface area contributed by atoms with Crippen molar-refractivity contribution in [2.45, 2.75) is 39.7 Å². The highest BCUT2D eigenvalue weighted by atomic mass is 15.2. The fourth-order valence-electron chi connectivity index (χ4n) is 1.94. The summed E-state index contributed by atoms with van der Waals surface area (Å²) in [6, 6.07) is 11.4. The highest BCUT2D eigenvalue weighted by molar-refractivity contribution is 5.47. The minimum Gasteiger partial charge on any atom is -0.369 e. The summed E-state index contributed by atoms with van der Waals surface area (Å²) in [5.74, 6) is 0.